The molecule has 2 heterocycles. The Morgan fingerprint density at radius 2 is 1.84 bits per heavy atom. The lowest BCUT2D eigenvalue weighted by Crippen LogP contribution is -2.62. The fourth-order valence-corrected chi connectivity index (χ4v) is 4.55. The van der Waals surface area contributed by atoms with Crippen LogP contribution in [0.4, 0.5) is 0 Å². The summed E-state index contributed by atoms with van der Waals surface area (Å²) in [5.41, 5.74) is 1.16. The van der Waals surface area contributed by atoms with Crippen LogP contribution >= 0.6 is 0 Å². The van der Waals surface area contributed by atoms with Gasteiger partial charge in [-0.3, -0.25) is 5.41 Å². The fraction of sp³-hybridized carbons (Fsp3) is 0.417. The number of likely N-dealkylation sites (N-methyl/N-ethyl adjacent to an activating group) is 1. The summed E-state index contributed by atoms with van der Waals surface area (Å²) in [6.07, 6.45) is 4.94. The van der Waals surface area contributed by atoms with Crippen LogP contribution in [0.2, 0.25) is 0 Å². The van der Waals surface area contributed by atoms with E-state index in [2.05, 4.69) is 38.0 Å². The molecule has 1 fully saturated rings. The number of hydrogen-bond acceptors (Lipinski definition) is 6. The van der Waals surface area contributed by atoms with Crippen molar-refractivity contribution in [3.8, 4) is 11.8 Å². The van der Waals surface area contributed by atoms with Crippen LogP contribution in [0.15, 0.2) is 36.4 Å². The Hall–Kier alpha value is -3.24. The molecule has 1 aliphatic heterocycles. The zero-order valence-electron chi connectivity index (χ0n) is 18.7. The van der Waals surface area contributed by atoms with Crippen molar-refractivity contribution < 1.29 is 5.11 Å². The lowest BCUT2D eigenvalue weighted by molar-refractivity contribution is 0.114. The number of benzene rings is 1. The predicted octanol–water partition coefficient (Wildman–Crippen LogP) is 3.95. The normalized spacial score (nSPS) is 18.1. The average Bonchev–Trinajstić information content (AvgIpc) is 2.67. The maximum atomic E-state index is 10.4. The van der Waals surface area contributed by atoms with Crippen LogP contribution in [-0.4, -0.2) is 50.7 Å². The number of amidine groups is 1. The highest BCUT2D eigenvalue weighted by Gasteiger charge is 2.39. The molecule has 0 bridgehead atoms. The molecule has 1 saturated heterocycles. The van der Waals surface area contributed by atoms with Gasteiger partial charge in [-0.05, 0) is 77.0 Å². The van der Waals surface area contributed by atoms with Gasteiger partial charge in [-0.25, -0.2) is 4.98 Å². The molecule has 0 spiro atoms. The summed E-state index contributed by atoms with van der Waals surface area (Å²) in [5, 5.41) is 40.6. The first-order valence-electron chi connectivity index (χ1n) is 10.3. The molecule has 162 valence electrons. The van der Waals surface area contributed by atoms with Gasteiger partial charge in [-0.1, -0.05) is 0 Å². The Labute approximate surface area is 183 Å². The predicted molar refractivity (Wildman–Crippen MR) is 124 cm³/mol. The van der Waals surface area contributed by atoms with Gasteiger partial charge in [0.25, 0.3) is 0 Å². The van der Waals surface area contributed by atoms with Gasteiger partial charge in [0.05, 0.1) is 11.2 Å². The number of nitriles is 1. The van der Waals surface area contributed by atoms with Crippen molar-refractivity contribution in [1.82, 2.24) is 15.2 Å². The van der Waals surface area contributed by atoms with Crippen molar-refractivity contribution in [3.05, 3.63) is 47.7 Å². The Morgan fingerprint density at radius 1 is 1.19 bits per heavy atom. The van der Waals surface area contributed by atoms with E-state index in [0.717, 1.165) is 12.8 Å². The minimum absolute atomic E-state index is 0.0243. The molecule has 2 aromatic rings. The molecular weight excluding hydrogens is 388 g/mol. The maximum Gasteiger partial charge on any atom is 0.141 e. The largest absolute Gasteiger partial charge is 0.507 e. The highest BCUT2D eigenvalue weighted by atomic mass is 16.3. The van der Waals surface area contributed by atoms with Gasteiger partial charge < -0.3 is 20.7 Å². The second kappa shape index (κ2) is 8.12. The van der Waals surface area contributed by atoms with Gasteiger partial charge in [0, 0.05) is 35.1 Å². The van der Waals surface area contributed by atoms with E-state index in [-0.39, 0.29) is 34.3 Å². The molecule has 0 unspecified atom stereocenters. The molecule has 31 heavy (non-hydrogen) atoms. The summed E-state index contributed by atoms with van der Waals surface area (Å²) in [6.45, 7) is 8.71. The number of fused-ring (bicyclic) bond motifs is 1. The number of phenols is 1. The summed E-state index contributed by atoms with van der Waals surface area (Å²) in [7, 11) is 1.92. The quantitative estimate of drug-likeness (QED) is 0.443. The molecule has 4 N–H and O–H groups in total. The van der Waals surface area contributed by atoms with Crippen molar-refractivity contribution in [2.24, 2.45) is 0 Å². The number of rotatable bonds is 4. The first-order valence-corrected chi connectivity index (χ1v) is 10.3. The maximum absolute atomic E-state index is 10.4. The minimum Gasteiger partial charge on any atom is -0.507 e. The first-order chi connectivity index (χ1) is 14.4. The van der Waals surface area contributed by atoms with Crippen LogP contribution in [-0.2, 0) is 0 Å². The number of piperidine rings is 1. The van der Waals surface area contributed by atoms with Crippen LogP contribution in [0.3, 0.4) is 0 Å². The number of hydrogen-bond donors (Lipinski definition) is 4. The summed E-state index contributed by atoms with van der Waals surface area (Å²) in [4.78, 5) is 6.19. The molecule has 0 radical (unpaired) electrons. The number of nitrogens with one attached hydrogen (secondary N) is 3. The zero-order valence-corrected chi connectivity index (χ0v) is 18.7. The number of aromatic hydroxyl groups is 1. The van der Waals surface area contributed by atoms with Crippen LogP contribution in [0.5, 0.6) is 5.75 Å². The van der Waals surface area contributed by atoms with Gasteiger partial charge in [-0.15, -0.1) is 0 Å². The smallest absolute Gasteiger partial charge is 0.141 e. The Balaban J connectivity index is 1.78. The van der Waals surface area contributed by atoms with Gasteiger partial charge in [0.15, 0.2) is 0 Å². The summed E-state index contributed by atoms with van der Waals surface area (Å²) in [6, 6.07) is 8.66. The van der Waals surface area contributed by atoms with E-state index < -0.39 is 0 Å². The minimum atomic E-state index is -0.0320. The topological polar surface area (TPSA) is 120 Å². The highest BCUT2D eigenvalue weighted by molar-refractivity contribution is 6.12. The molecule has 1 aromatic carbocycles. The van der Waals surface area contributed by atoms with Crippen LogP contribution in [0, 0.1) is 22.1 Å². The Morgan fingerprint density at radius 3 is 2.45 bits per heavy atom. The van der Waals surface area contributed by atoms with Gasteiger partial charge >= 0.3 is 0 Å². The van der Waals surface area contributed by atoms with Crippen molar-refractivity contribution in [2.45, 2.75) is 57.7 Å². The van der Waals surface area contributed by atoms with Gasteiger partial charge in [0.2, 0.25) is 0 Å². The van der Waals surface area contributed by atoms with E-state index in [9.17, 15) is 5.11 Å². The van der Waals surface area contributed by atoms with E-state index in [4.69, 9.17) is 16.1 Å². The third-order valence-electron chi connectivity index (χ3n) is 5.72. The molecule has 7 nitrogen and oxygen atoms in total. The zero-order chi connectivity index (χ0) is 23.0. The number of aromatic nitrogens is 1. The number of pyridine rings is 1. The van der Waals surface area contributed by atoms with Crippen molar-refractivity contribution in [1.29, 1.82) is 16.1 Å². The highest BCUT2D eigenvalue weighted by Crippen LogP contribution is 2.31. The molecule has 1 aromatic heterocycles. The van der Waals surface area contributed by atoms with Crippen LogP contribution < -0.4 is 5.32 Å². The summed E-state index contributed by atoms with van der Waals surface area (Å²) < 4.78 is 0. The molecule has 0 saturated carbocycles. The van der Waals surface area contributed by atoms with E-state index in [1.165, 1.54) is 12.1 Å². The Bertz CT molecular complexity index is 1090. The average molecular weight is 419 g/mol. The summed E-state index contributed by atoms with van der Waals surface area (Å²) in [5.74, 6) is 0.281. The van der Waals surface area contributed by atoms with E-state index in [0.29, 0.717) is 22.3 Å². The number of phenolic OH excluding ortho intramolecular Hbond substituents is 1. The third kappa shape index (κ3) is 5.09. The molecule has 0 atom stereocenters. The molecule has 0 amide bonds. The lowest BCUT2D eigenvalue weighted by Gasteiger charge is -2.49. The molecule has 3 rings (SSSR count). The second-order valence-corrected chi connectivity index (χ2v) is 9.57. The molecular formula is C24H30N6O. The van der Waals surface area contributed by atoms with Crippen molar-refractivity contribution in [2.75, 3.05) is 7.05 Å². The Kier molecular flexibility index (Phi) is 5.88. The standard InChI is InChI=1S/C24H30N6O/c1-23(2)12-17(13-24(3,4)29-23)30(5)22(27)9-8-19(26)18-11-20-15(10-21(18)31)6-7-16(14-25)28-20/h6-11,17,26-27,29,31H,12-13H2,1-5H3/b9-8-,26-19?,27-22?. The molecule has 7 heteroatoms. The second-order valence-electron chi connectivity index (χ2n) is 9.57. The SMILES string of the molecule is CN(C(=N)/C=C\C(=N)c1cc2nc(C#N)ccc2cc1O)C1CC(C)(C)NC(C)(C)C1. The number of allylic oxidation sites excluding steroid dienone is 1. The van der Waals surface area contributed by atoms with Gasteiger partial charge in [-0.2, -0.15) is 5.26 Å². The third-order valence-corrected chi connectivity index (χ3v) is 5.72. The molecule has 1 aliphatic rings. The van der Waals surface area contributed by atoms with Crippen LogP contribution in [0.25, 0.3) is 10.9 Å². The lowest BCUT2D eigenvalue weighted by atomic mass is 9.79. The van der Waals surface area contributed by atoms with Crippen molar-refractivity contribution >= 4 is 22.5 Å². The van der Waals surface area contributed by atoms with Crippen molar-refractivity contribution in [3.63, 3.8) is 0 Å². The first kappa shape index (κ1) is 22.4. The summed E-state index contributed by atoms with van der Waals surface area (Å²) >= 11 is 0. The van der Waals surface area contributed by atoms with Crippen LogP contribution in [0.1, 0.15) is 51.8 Å². The monoisotopic (exact) mass is 418 g/mol. The van der Waals surface area contributed by atoms with E-state index in [1.807, 2.05) is 18.0 Å². The number of nitrogens with zero attached hydrogens (tertiary/aromatic N) is 3. The van der Waals surface area contributed by atoms with E-state index >= 15 is 0 Å². The van der Waals surface area contributed by atoms with E-state index in [1.54, 1.807) is 24.3 Å². The van der Waals surface area contributed by atoms with Gasteiger partial charge in [0.1, 0.15) is 23.3 Å². The molecule has 0 aliphatic carbocycles. The fourth-order valence-electron chi connectivity index (χ4n) is 4.55.